The van der Waals surface area contributed by atoms with Gasteiger partial charge in [0.15, 0.2) is 15.6 Å². The van der Waals surface area contributed by atoms with Gasteiger partial charge in [0.2, 0.25) is 0 Å². The first kappa shape index (κ1) is 13.3. The molecule has 0 saturated heterocycles. The molecule has 0 heterocycles. The lowest BCUT2D eigenvalue weighted by atomic mass is 10.0. The van der Waals surface area contributed by atoms with E-state index < -0.39 is 14.6 Å². The molecule has 0 aromatic heterocycles. The minimum absolute atomic E-state index is 0.222. The Kier molecular flexibility index (Phi) is 3.32. The lowest BCUT2D eigenvalue weighted by molar-refractivity contribution is -0.119. The first-order valence-corrected chi connectivity index (χ1v) is 7.71. The molecular weight excluding hydrogens is 248 g/mol. The quantitative estimate of drug-likeness (QED) is 0.845. The molecule has 1 saturated carbocycles. The van der Waals surface area contributed by atoms with E-state index in [0.29, 0.717) is 12.8 Å². The monoisotopic (exact) mass is 266 g/mol. The topological polar surface area (TPSA) is 51.2 Å². The molecule has 1 aliphatic rings. The molecule has 0 atom stereocenters. The Balaban J connectivity index is 2.53. The van der Waals surface area contributed by atoms with Crippen LogP contribution < -0.4 is 0 Å². The van der Waals surface area contributed by atoms with E-state index in [-0.39, 0.29) is 10.7 Å². The van der Waals surface area contributed by atoms with E-state index in [1.54, 1.807) is 24.3 Å². The Morgan fingerprint density at radius 1 is 1.11 bits per heavy atom. The second kappa shape index (κ2) is 4.50. The SMILES string of the molecule is CC(=O)C1(S(=O)(=O)c2ccc(C)cc2)CCCC1. The Bertz CT molecular complexity index is 549. The Labute approximate surface area is 108 Å². The van der Waals surface area contributed by atoms with Crippen LogP contribution in [0.1, 0.15) is 38.2 Å². The fourth-order valence-corrected chi connectivity index (χ4v) is 4.85. The summed E-state index contributed by atoms with van der Waals surface area (Å²) in [6, 6.07) is 6.76. The predicted molar refractivity (Wildman–Crippen MR) is 70.2 cm³/mol. The molecule has 0 spiro atoms. The van der Waals surface area contributed by atoms with Crippen LogP contribution in [0, 0.1) is 6.92 Å². The molecule has 1 aromatic rings. The molecule has 98 valence electrons. The minimum atomic E-state index is -3.57. The second-order valence-corrected chi connectivity index (χ2v) is 7.33. The Morgan fingerprint density at radius 3 is 2.06 bits per heavy atom. The van der Waals surface area contributed by atoms with Gasteiger partial charge in [-0.25, -0.2) is 8.42 Å². The fourth-order valence-electron chi connectivity index (χ4n) is 2.70. The van der Waals surface area contributed by atoms with Gasteiger partial charge in [-0.2, -0.15) is 0 Å². The number of aryl methyl sites for hydroxylation is 1. The van der Waals surface area contributed by atoms with E-state index in [1.165, 1.54) is 6.92 Å². The van der Waals surface area contributed by atoms with Crippen LogP contribution in [0.3, 0.4) is 0 Å². The summed E-state index contributed by atoms with van der Waals surface area (Å²) in [6.45, 7) is 3.31. The highest BCUT2D eigenvalue weighted by Crippen LogP contribution is 2.41. The van der Waals surface area contributed by atoms with Gasteiger partial charge in [0.05, 0.1) is 4.90 Å². The molecule has 1 fully saturated rings. The van der Waals surface area contributed by atoms with Gasteiger partial charge in [0, 0.05) is 0 Å². The van der Waals surface area contributed by atoms with Gasteiger partial charge in [-0.15, -0.1) is 0 Å². The summed E-state index contributed by atoms with van der Waals surface area (Å²) in [5, 5.41) is 0. The molecule has 0 amide bonds. The normalized spacial score (nSPS) is 18.8. The van der Waals surface area contributed by atoms with E-state index in [4.69, 9.17) is 0 Å². The summed E-state index contributed by atoms with van der Waals surface area (Å²) < 4.78 is 24.2. The van der Waals surface area contributed by atoms with Crippen LogP contribution in [0.5, 0.6) is 0 Å². The molecule has 18 heavy (non-hydrogen) atoms. The first-order chi connectivity index (χ1) is 8.40. The van der Waals surface area contributed by atoms with E-state index in [2.05, 4.69) is 0 Å². The molecule has 1 aliphatic carbocycles. The van der Waals surface area contributed by atoms with Crippen molar-refractivity contribution < 1.29 is 13.2 Å². The van der Waals surface area contributed by atoms with Crippen molar-refractivity contribution in [3.8, 4) is 0 Å². The van der Waals surface area contributed by atoms with Gasteiger partial charge in [-0.05, 0) is 38.8 Å². The summed E-state index contributed by atoms with van der Waals surface area (Å²) in [5.74, 6) is -0.222. The molecule has 4 heteroatoms. The number of carbonyl (C=O) groups is 1. The van der Waals surface area contributed by atoms with E-state index >= 15 is 0 Å². The number of benzene rings is 1. The highest BCUT2D eigenvalue weighted by atomic mass is 32.2. The average Bonchev–Trinajstić information content (AvgIpc) is 2.80. The number of sulfone groups is 1. The molecule has 1 aromatic carbocycles. The maximum atomic E-state index is 12.7. The Hall–Kier alpha value is -1.16. The van der Waals surface area contributed by atoms with Crippen molar-refractivity contribution in [2.24, 2.45) is 0 Å². The minimum Gasteiger partial charge on any atom is -0.298 e. The molecule has 0 radical (unpaired) electrons. The predicted octanol–water partition coefficient (Wildman–Crippen LogP) is 2.67. The summed E-state index contributed by atoms with van der Waals surface area (Å²) >= 11 is 0. The molecule has 0 bridgehead atoms. The van der Waals surface area contributed by atoms with Crippen molar-refractivity contribution >= 4 is 15.6 Å². The maximum Gasteiger partial charge on any atom is 0.191 e. The number of rotatable bonds is 3. The van der Waals surface area contributed by atoms with Crippen molar-refractivity contribution in [3.05, 3.63) is 29.8 Å². The zero-order valence-electron chi connectivity index (χ0n) is 10.8. The second-order valence-electron chi connectivity index (χ2n) is 5.07. The van der Waals surface area contributed by atoms with Crippen molar-refractivity contribution in [2.75, 3.05) is 0 Å². The van der Waals surface area contributed by atoms with Crippen LogP contribution in [0.2, 0.25) is 0 Å². The fraction of sp³-hybridized carbons (Fsp3) is 0.500. The Morgan fingerprint density at radius 2 is 1.61 bits per heavy atom. The summed E-state index contributed by atoms with van der Waals surface area (Å²) in [6.07, 6.45) is 2.53. The zero-order valence-corrected chi connectivity index (χ0v) is 11.6. The summed E-state index contributed by atoms with van der Waals surface area (Å²) in [4.78, 5) is 12.1. The lowest BCUT2D eigenvalue weighted by Gasteiger charge is -2.25. The number of hydrogen-bond acceptors (Lipinski definition) is 3. The molecule has 0 aliphatic heterocycles. The lowest BCUT2D eigenvalue weighted by Crippen LogP contribution is -2.42. The summed E-state index contributed by atoms with van der Waals surface area (Å²) in [5.41, 5.74) is 1.01. The largest absolute Gasteiger partial charge is 0.298 e. The number of carbonyl (C=O) groups excluding carboxylic acids is 1. The van der Waals surface area contributed by atoms with Crippen LogP contribution in [-0.2, 0) is 14.6 Å². The molecular formula is C14H18O3S. The zero-order chi connectivity index (χ0) is 13.4. The van der Waals surface area contributed by atoms with Crippen LogP contribution in [0.4, 0.5) is 0 Å². The highest BCUT2D eigenvalue weighted by Gasteiger charge is 2.50. The highest BCUT2D eigenvalue weighted by molar-refractivity contribution is 7.93. The third-order valence-electron chi connectivity index (χ3n) is 3.90. The third kappa shape index (κ3) is 1.88. The van der Waals surface area contributed by atoms with Crippen LogP contribution in [-0.4, -0.2) is 18.9 Å². The van der Waals surface area contributed by atoms with Crippen LogP contribution in [0.25, 0.3) is 0 Å². The van der Waals surface area contributed by atoms with Crippen LogP contribution in [0.15, 0.2) is 29.2 Å². The first-order valence-electron chi connectivity index (χ1n) is 6.22. The average molecular weight is 266 g/mol. The molecule has 0 N–H and O–H groups in total. The van der Waals surface area contributed by atoms with Crippen molar-refractivity contribution in [3.63, 3.8) is 0 Å². The number of hydrogen-bond donors (Lipinski definition) is 0. The van der Waals surface area contributed by atoms with Crippen LogP contribution >= 0.6 is 0 Å². The molecule has 3 nitrogen and oxygen atoms in total. The van der Waals surface area contributed by atoms with Crippen molar-refractivity contribution in [1.82, 2.24) is 0 Å². The van der Waals surface area contributed by atoms with E-state index in [0.717, 1.165) is 18.4 Å². The third-order valence-corrected chi connectivity index (χ3v) is 6.52. The van der Waals surface area contributed by atoms with Gasteiger partial charge in [0.25, 0.3) is 0 Å². The maximum absolute atomic E-state index is 12.7. The summed E-state index contributed by atoms with van der Waals surface area (Å²) in [7, 11) is -3.57. The van der Waals surface area contributed by atoms with Crippen molar-refractivity contribution in [2.45, 2.75) is 49.2 Å². The number of Topliss-reactive ketones (excluding diaryl/α,β-unsaturated/α-hetero) is 1. The van der Waals surface area contributed by atoms with Crippen molar-refractivity contribution in [1.29, 1.82) is 0 Å². The smallest absolute Gasteiger partial charge is 0.191 e. The van der Waals surface area contributed by atoms with Gasteiger partial charge in [0.1, 0.15) is 4.75 Å². The standard InChI is InChI=1S/C14H18O3S/c1-11-5-7-13(8-6-11)18(16,17)14(12(2)15)9-3-4-10-14/h5-8H,3-4,9-10H2,1-2H3. The van der Waals surface area contributed by atoms with E-state index in [1.807, 2.05) is 6.92 Å². The van der Waals surface area contributed by atoms with Gasteiger partial charge in [-0.3, -0.25) is 4.79 Å². The van der Waals surface area contributed by atoms with Gasteiger partial charge in [-0.1, -0.05) is 30.5 Å². The molecule has 0 unspecified atom stereocenters. The molecule has 2 rings (SSSR count). The van der Waals surface area contributed by atoms with Gasteiger partial charge < -0.3 is 0 Å². The van der Waals surface area contributed by atoms with Gasteiger partial charge >= 0.3 is 0 Å². The number of ketones is 1. The van der Waals surface area contributed by atoms with E-state index in [9.17, 15) is 13.2 Å².